The Hall–Kier alpha value is -1.12. The molecule has 0 spiro atoms. The second-order valence-electron chi connectivity index (χ2n) is 6.21. The molecule has 0 aliphatic heterocycles. The molecular weight excluding hydrogens is 222 g/mol. The van der Waals surface area contributed by atoms with Crippen LogP contribution in [0, 0.1) is 11.1 Å². The van der Waals surface area contributed by atoms with Gasteiger partial charge >= 0.3 is 0 Å². The van der Waals surface area contributed by atoms with E-state index in [4.69, 9.17) is 0 Å². The van der Waals surface area contributed by atoms with E-state index >= 15 is 0 Å². The molecular formula is C16H25NO. The Bertz CT molecular complexity index is 387. The Morgan fingerprint density at radius 3 is 2.00 bits per heavy atom. The monoisotopic (exact) mass is 247 g/mol. The number of hydrogen-bond acceptors (Lipinski definition) is 1. The lowest BCUT2D eigenvalue weighted by molar-refractivity contribution is -0.933. The molecule has 1 aromatic carbocycles. The van der Waals surface area contributed by atoms with Crippen molar-refractivity contribution in [1.82, 2.24) is 0 Å². The van der Waals surface area contributed by atoms with E-state index in [2.05, 4.69) is 20.4 Å². The first-order valence-electron chi connectivity index (χ1n) is 6.54. The van der Waals surface area contributed by atoms with Gasteiger partial charge in [-0.25, -0.2) is 0 Å². The Morgan fingerprint density at radius 2 is 1.67 bits per heavy atom. The van der Waals surface area contributed by atoms with Crippen LogP contribution in [0.5, 0.6) is 0 Å². The highest BCUT2D eigenvalue weighted by Crippen LogP contribution is 2.21. The van der Waals surface area contributed by atoms with Gasteiger partial charge < -0.3 is 10.3 Å². The maximum absolute atomic E-state index is 12.5. The molecule has 0 radical (unpaired) electrons. The Balaban J connectivity index is 3.08. The van der Waals surface area contributed by atoms with Gasteiger partial charge in [-0.1, -0.05) is 50.8 Å². The average molecular weight is 247 g/mol. The standard InChI is InChI=1S/C16H25NO/c1-7-13-8-10-14(11-9-13)15(12(2)3)17(18)16(4,5)6/h7-12,15,17H,1H2,2-6H3. The van der Waals surface area contributed by atoms with Crippen LogP contribution in [0.1, 0.15) is 51.8 Å². The van der Waals surface area contributed by atoms with Crippen molar-refractivity contribution in [2.75, 3.05) is 0 Å². The van der Waals surface area contributed by atoms with Gasteiger partial charge in [-0.3, -0.25) is 0 Å². The summed E-state index contributed by atoms with van der Waals surface area (Å²) in [4.78, 5) is 0. The fourth-order valence-corrected chi connectivity index (χ4v) is 2.14. The summed E-state index contributed by atoms with van der Waals surface area (Å²) in [6, 6.07) is 8.11. The molecule has 2 atom stereocenters. The maximum atomic E-state index is 12.5. The van der Waals surface area contributed by atoms with Crippen LogP contribution in [0.15, 0.2) is 30.8 Å². The summed E-state index contributed by atoms with van der Waals surface area (Å²) >= 11 is 0. The smallest absolute Gasteiger partial charge is 0.115 e. The Labute approximate surface area is 111 Å². The minimum atomic E-state index is -0.300. The second kappa shape index (κ2) is 5.68. The average Bonchev–Trinajstić information content (AvgIpc) is 2.28. The second-order valence-corrected chi connectivity index (χ2v) is 6.21. The Kier molecular flexibility index (Phi) is 4.71. The van der Waals surface area contributed by atoms with E-state index < -0.39 is 0 Å². The summed E-state index contributed by atoms with van der Waals surface area (Å²) < 4.78 is 0. The summed E-state index contributed by atoms with van der Waals surface area (Å²) in [5, 5.41) is 12.9. The topological polar surface area (TPSA) is 27.5 Å². The van der Waals surface area contributed by atoms with Gasteiger partial charge in [-0.2, -0.15) is 0 Å². The van der Waals surface area contributed by atoms with Crippen molar-refractivity contribution < 1.29 is 5.06 Å². The van der Waals surface area contributed by atoms with Crippen molar-refractivity contribution in [3.8, 4) is 0 Å². The normalized spacial score (nSPS) is 15.5. The molecule has 0 heterocycles. The lowest BCUT2D eigenvalue weighted by Gasteiger charge is -2.43. The molecule has 2 nitrogen and oxygen atoms in total. The number of quaternary nitrogens is 1. The first-order valence-corrected chi connectivity index (χ1v) is 6.54. The number of nitrogens with one attached hydrogen (secondary N) is 1. The molecule has 0 aliphatic carbocycles. The fraction of sp³-hybridized carbons (Fsp3) is 0.500. The van der Waals surface area contributed by atoms with E-state index in [0.717, 1.165) is 11.1 Å². The van der Waals surface area contributed by atoms with Crippen molar-refractivity contribution in [3.63, 3.8) is 0 Å². The van der Waals surface area contributed by atoms with Crippen LogP contribution in [0.3, 0.4) is 0 Å². The molecule has 100 valence electrons. The van der Waals surface area contributed by atoms with Crippen LogP contribution in [0.2, 0.25) is 0 Å². The van der Waals surface area contributed by atoms with Gasteiger partial charge in [0.2, 0.25) is 0 Å². The van der Waals surface area contributed by atoms with Crippen LogP contribution in [-0.2, 0) is 0 Å². The van der Waals surface area contributed by atoms with Gasteiger partial charge in [0, 0.05) is 11.5 Å². The highest BCUT2D eigenvalue weighted by molar-refractivity contribution is 5.47. The molecule has 18 heavy (non-hydrogen) atoms. The van der Waals surface area contributed by atoms with E-state index in [1.54, 1.807) is 0 Å². The maximum Gasteiger partial charge on any atom is 0.115 e. The van der Waals surface area contributed by atoms with Crippen molar-refractivity contribution in [3.05, 3.63) is 47.2 Å². The van der Waals surface area contributed by atoms with Gasteiger partial charge in [0.1, 0.15) is 6.04 Å². The van der Waals surface area contributed by atoms with Gasteiger partial charge in [-0.05, 0) is 26.3 Å². The van der Waals surface area contributed by atoms with Crippen LogP contribution in [-0.4, -0.2) is 5.54 Å². The zero-order chi connectivity index (χ0) is 13.9. The van der Waals surface area contributed by atoms with E-state index in [-0.39, 0.29) is 11.6 Å². The van der Waals surface area contributed by atoms with Crippen molar-refractivity contribution in [2.24, 2.45) is 5.92 Å². The largest absolute Gasteiger partial charge is 0.633 e. The van der Waals surface area contributed by atoms with Gasteiger partial charge in [0.15, 0.2) is 0 Å². The quantitative estimate of drug-likeness (QED) is 0.813. The lowest BCUT2D eigenvalue weighted by Crippen LogP contribution is -3.15. The summed E-state index contributed by atoms with van der Waals surface area (Å²) in [5.41, 5.74) is 1.89. The van der Waals surface area contributed by atoms with Gasteiger partial charge in [0.25, 0.3) is 0 Å². The van der Waals surface area contributed by atoms with Crippen LogP contribution < -0.4 is 5.06 Å². The Morgan fingerprint density at radius 1 is 1.17 bits per heavy atom. The summed E-state index contributed by atoms with van der Waals surface area (Å²) in [7, 11) is 0. The zero-order valence-electron chi connectivity index (χ0n) is 12.2. The number of hydroxylamine groups is 2. The number of hydrogen-bond donors (Lipinski definition) is 1. The first-order chi connectivity index (χ1) is 8.27. The molecule has 0 bridgehead atoms. The molecule has 0 saturated carbocycles. The van der Waals surface area contributed by atoms with Crippen LogP contribution in [0.4, 0.5) is 0 Å². The highest BCUT2D eigenvalue weighted by Gasteiger charge is 2.30. The molecule has 0 saturated heterocycles. The van der Waals surface area contributed by atoms with Crippen molar-refractivity contribution >= 4 is 6.08 Å². The van der Waals surface area contributed by atoms with Gasteiger partial charge in [0.05, 0.1) is 5.54 Å². The predicted molar refractivity (Wildman–Crippen MR) is 78.2 cm³/mol. The fourth-order valence-electron chi connectivity index (χ4n) is 2.14. The molecule has 0 aromatic heterocycles. The van der Waals surface area contributed by atoms with Crippen molar-refractivity contribution in [2.45, 2.75) is 46.2 Å². The molecule has 1 N–H and O–H groups in total. The third-order valence-electron chi connectivity index (χ3n) is 3.22. The molecule has 0 amide bonds. The zero-order valence-corrected chi connectivity index (χ0v) is 12.2. The molecule has 0 fully saturated rings. The molecule has 1 rings (SSSR count). The van der Waals surface area contributed by atoms with Gasteiger partial charge in [-0.15, -0.1) is 0 Å². The SMILES string of the molecule is C=Cc1ccc(C(C(C)C)[NH+]([O-])C(C)(C)C)cc1. The third-order valence-corrected chi connectivity index (χ3v) is 3.22. The minimum Gasteiger partial charge on any atom is -0.633 e. The molecule has 0 aliphatic rings. The van der Waals surface area contributed by atoms with E-state index in [9.17, 15) is 5.21 Å². The summed E-state index contributed by atoms with van der Waals surface area (Å²) in [5.74, 6) is 0.311. The highest BCUT2D eigenvalue weighted by atomic mass is 16.5. The molecule has 1 aromatic rings. The summed E-state index contributed by atoms with van der Waals surface area (Å²) in [6.45, 7) is 13.9. The van der Waals surface area contributed by atoms with Crippen LogP contribution >= 0.6 is 0 Å². The third kappa shape index (κ3) is 3.44. The molecule has 2 unspecified atom stereocenters. The van der Waals surface area contributed by atoms with E-state index in [1.165, 1.54) is 0 Å². The number of benzene rings is 1. The summed E-state index contributed by atoms with van der Waals surface area (Å²) in [6.07, 6.45) is 1.82. The number of rotatable bonds is 4. The first kappa shape index (κ1) is 14.9. The minimum absolute atomic E-state index is 0.0242. The van der Waals surface area contributed by atoms with E-state index in [0.29, 0.717) is 11.0 Å². The lowest BCUT2D eigenvalue weighted by atomic mass is 9.92. The van der Waals surface area contributed by atoms with Crippen LogP contribution in [0.25, 0.3) is 6.08 Å². The molecule has 2 heteroatoms. The van der Waals surface area contributed by atoms with E-state index in [1.807, 2.05) is 51.1 Å². The van der Waals surface area contributed by atoms with Crippen molar-refractivity contribution in [1.29, 1.82) is 0 Å². The predicted octanol–water partition coefficient (Wildman–Crippen LogP) is 3.21.